The van der Waals surface area contributed by atoms with Crippen LogP contribution in [0.15, 0.2) is 17.8 Å². The summed E-state index contributed by atoms with van der Waals surface area (Å²) in [7, 11) is 1.90. The van der Waals surface area contributed by atoms with Crippen LogP contribution in [0.5, 0.6) is 0 Å². The summed E-state index contributed by atoms with van der Waals surface area (Å²) in [6.45, 7) is 6.37. The van der Waals surface area contributed by atoms with E-state index in [1.54, 1.807) is 12.5 Å². The molecule has 8 heavy (non-hydrogen) atoms. The minimum Gasteiger partial charge on any atom is -0.343 e. The Labute approximate surface area is 50.5 Å². The van der Waals surface area contributed by atoms with Gasteiger partial charge in [-0.25, -0.2) is 0 Å². The van der Waals surface area contributed by atoms with Gasteiger partial charge in [-0.1, -0.05) is 6.58 Å². The van der Waals surface area contributed by atoms with E-state index in [1.165, 1.54) is 0 Å². The lowest BCUT2D eigenvalue weighted by molar-refractivity contribution is 0.708. The lowest BCUT2D eigenvalue weighted by Gasteiger charge is -2.01. The molecule has 0 bridgehead atoms. The van der Waals surface area contributed by atoms with Gasteiger partial charge in [0.05, 0.1) is 6.34 Å². The highest BCUT2D eigenvalue weighted by Crippen LogP contribution is 1.73. The molecule has 0 amide bonds. The zero-order chi connectivity index (χ0) is 6.41. The van der Waals surface area contributed by atoms with Gasteiger partial charge < -0.3 is 4.90 Å². The quantitative estimate of drug-likeness (QED) is 0.394. The monoisotopic (exact) mass is 112 g/mol. The van der Waals surface area contributed by atoms with Gasteiger partial charge in [-0.05, 0) is 13.1 Å². The Hall–Kier alpha value is -0.790. The first-order valence-corrected chi connectivity index (χ1v) is 2.65. The molecule has 0 aromatic carbocycles. The van der Waals surface area contributed by atoms with Crippen LogP contribution in [0.1, 0.15) is 6.92 Å². The van der Waals surface area contributed by atoms with Crippen molar-refractivity contribution >= 4 is 6.34 Å². The Morgan fingerprint density at radius 3 is 2.75 bits per heavy atom. The van der Waals surface area contributed by atoms with E-state index in [9.17, 15) is 0 Å². The largest absolute Gasteiger partial charge is 0.343 e. The molecule has 0 aliphatic carbocycles. The standard InChI is InChI=1S/C6H12N2/c1-4-7-6-8(3)5-2/h5-6H,2,4H2,1,3H3. The topological polar surface area (TPSA) is 15.6 Å². The fraction of sp³-hybridized carbons (Fsp3) is 0.500. The highest BCUT2D eigenvalue weighted by molar-refractivity contribution is 5.55. The minimum atomic E-state index is 0.832. The maximum Gasteiger partial charge on any atom is 0.0886 e. The third-order valence-electron chi connectivity index (χ3n) is 0.734. The molecule has 0 aromatic heterocycles. The lowest BCUT2D eigenvalue weighted by atomic mass is 10.8. The van der Waals surface area contributed by atoms with Crippen molar-refractivity contribution < 1.29 is 0 Å². The van der Waals surface area contributed by atoms with Crippen LogP contribution in [0.4, 0.5) is 0 Å². The molecule has 2 heteroatoms. The van der Waals surface area contributed by atoms with E-state index in [0.29, 0.717) is 0 Å². The number of hydrogen-bond donors (Lipinski definition) is 0. The van der Waals surface area contributed by atoms with Gasteiger partial charge in [0, 0.05) is 13.6 Å². The third-order valence-corrected chi connectivity index (χ3v) is 0.734. The Morgan fingerprint density at radius 1 is 1.75 bits per heavy atom. The average Bonchev–Trinajstić information content (AvgIpc) is 1.83. The van der Waals surface area contributed by atoms with Gasteiger partial charge in [0.15, 0.2) is 0 Å². The van der Waals surface area contributed by atoms with Crippen molar-refractivity contribution in [3.63, 3.8) is 0 Å². The molecule has 0 rings (SSSR count). The number of nitrogens with zero attached hydrogens (tertiary/aromatic N) is 2. The zero-order valence-corrected chi connectivity index (χ0v) is 5.46. The molecule has 46 valence electrons. The second-order valence-corrected chi connectivity index (χ2v) is 1.46. The predicted molar refractivity (Wildman–Crippen MR) is 37.0 cm³/mol. The lowest BCUT2D eigenvalue weighted by Crippen LogP contribution is -2.05. The highest BCUT2D eigenvalue weighted by Gasteiger charge is 1.74. The molecule has 0 heterocycles. The first-order valence-electron chi connectivity index (χ1n) is 2.65. The maximum absolute atomic E-state index is 3.97. The summed E-state index contributed by atoms with van der Waals surface area (Å²) in [6, 6.07) is 0. The van der Waals surface area contributed by atoms with E-state index in [0.717, 1.165) is 6.54 Å². The van der Waals surface area contributed by atoms with Gasteiger partial charge in [0.2, 0.25) is 0 Å². The number of aliphatic imine (C=N–C) groups is 1. The molecule has 0 N–H and O–H groups in total. The molecule has 0 saturated carbocycles. The van der Waals surface area contributed by atoms with Crippen LogP contribution in [0.3, 0.4) is 0 Å². The van der Waals surface area contributed by atoms with Crippen molar-refractivity contribution in [1.82, 2.24) is 4.90 Å². The van der Waals surface area contributed by atoms with Crippen LogP contribution in [0.2, 0.25) is 0 Å². The van der Waals surface area contributed by atoms with E-state index in [4.69, 9.17) is 0 Å². The van der Waals surface area contributed by atoms with Gasteiger partial charge in [-0.3, -0.25) is 4.99 Å². The van der Waals surface area contributed by atoms with E-state index in [1.807, 2.05) is 18.9 Å². The SMILES string of the molecule is C=CN(C)C=NCC. The van der Waals surface area contributed by atoms with Crippen molar-refractivity contribution in [1.29, 1.82) is 0 Å². The molecule has 0 saturated heterocycles. The summed E-state index contributed by atoms with van der Waals surface area (Å²) in [5, 5.41) is 0. The Kier molecular flexibility index (Phi) is 3.94. The summed E-state index contributed by atoms with van der Waals surface area (Å²) in [5.74, 6) is 0. The normalized spacial score (nSPS) is 9.75. The van der Waals surface area contributed by atoms with Crippen molar-refractivity contribution in [3.05, 3.63) is 12.8 Å². The molecular weight excluding hydrogens is 100 g/mol. The predicted octanol–water partition coefficient (Wildman–Crippen LogP) is 1.11. The van der Waals surface area contributed by atoms with Gasteiger partial charge in [0.25, 0.3) is 0 Å². The smallest absolute Gasteiger partial charge is 0.0886 e. The van der Waals surface area contributed by atoms with Gasteiger partial charge in [-0.2, -0.15) is 0 Å². The van der Waals surface area contributed by atoms with E-state index in [-0.39, 0.29) is 0 Å². The average molecular weight is 112 g/mol. The second kappa shape index (κ2) is 4.37. The Morgan fingerprint density at radius 2 is 2.38 bits per heavy atom. The van der Waals surface area contributed by atoms with Crippen LogP contribution < -0.4 is 0 Å². The van der Waals surface area contributed by atoms with Crippen LogP contribution in [-0.4, -0.2) is 24.8 Å². The fourth-order valence-corrected chi connectivity index (χ4v) is 0.258. The summed E-state index contributed by atoms with van der Waals surface area (Å²) < 4.78 is 0. The molecule has 0 aliphatic rings. The van der Waals surface area contributed by atoms with E-state index < -0.39 is 0 Å². The Balaban J connectivity index is 3.35. The third kappa shape index (κ3) is 3.40. The molecule has 0 radical (unpaired) electrons. The zero-order valence-electron chi connectivity index (χ0n) is 5.46. The van der Waals surface area contributed by atoms with Crippen molar-refractivity contribution in [2.24, 2.45) is 4.99 Å². The van der Waals surface area contributed by atoms with Gasteiger partial charge >= 0.3 is 0 Å². The summed E-state index contributed by atoms with van der Waals surface area (Å²) >= 11 is 0. The molecule has 0 fully saturated rings. The van der Waals surface area contributed by atoms with Crippen LogP contribution in [0, 0.1) is 0 Å². The Bertz CT molecular complexity index is 86.5. The van der Waals surface area contributed by atoms with Crippen molar-refractivity contribution in [2.75, 3.05) is 13.6 Å². The van der Waals surface area contributed by atoms with Crippen molar-refractivity contribution in [3.8, 4) is 0 Å². The molecule has 0 aromatic rings. The minimum absolute atomic E-state index is 0.832. The molecule has 0 aliphatic heterocycles. The maximum atomic E-state index is 3.97. The van der Waals surface area contributed by atoms with Crippen LogP contribution in [-0.2, 0) is 0 Å². The first kappa shape index (κ1) is 7.21. The summed E-state index contributed by atoms with van der Waals surface area (Å²) in [4.78, 5) is 5.78. The molecule has 0 unspecified atom stereocenters. The number of rotatable bonds is 3. The van der Waals surface area contributed by atoms with E-state index >= 15 is 0 Å². The first-order chi connectivity index (χ1) is 3.81. The van der Waals surface area contributed by atoms with Gasteiger partial charge in [-0.15, -0.1) is 0 Å². The van der Waals surface area contributed by atoms with E-state index in [2.05, 4.69) is 11.6 Å². The summed E-state index contributed by atoms with van der Waals surface area (Å²) in [5.41, 5.74) is 0. The molecule has 2 nitrogen and oxygen atoms in total. The number of hydrogen-bond acceptors (Lipinski definition) is 1. The molecule has 0 spiro atoms. The van der Waals surface area contributed by atoms with Crippen LogP contribution in [0.25, 0.3) is 0 Å². The fourth-order valence-electron chi connectivity index (χ4n) is 0.258. The second-order valence-electron chi connectivity index (χ2n) is 1.46. The highest BCUT2D eigenvalue weighted by atomic mass is 15.1. The van der Waals surface area contributed by atoms with Crippen LogP contribution >= 0.6 is 0 Å². The summed E-state index contributed by atoms with van der Waals surface area (Å²) in [6.07, 6.45) is 3.45. The molecular formula is C6H12N2. The van der Waals surface area contributed by atoms with Crippen molar-refractivity contribution in [2.45, 2.75) is 6.92 Å². The molecule has 0 atom stereocenters. The van der Waals surface area contributed by atoms with Gasteiger partial charge in [0.1, 0.15) is 0 Å².